The van der Waals surface area contributed by atoms with E-state index >= 15 is 0 Å². The first-order valence-corrected chi connectivity index (χ1v) is 11.2. The minimum absolute atomic E-state index is 0.141. The number of ether oxygens (including phenoxy) is 2. The van der Waals surface area contributed by atoms with Crippen molar-refractivity contribution in [3.05, 3.63) is 113 Å². The molecule has 0 atom stereocenters. The van der Waals surface area contributed by atoms with Gasteiger partial charge in [-0.3, -0.25) is 9.48 Å². The van der Waals surface area contributed by atoms with Gasteiger partial charge >= 0.3 is 0 Å². The Balaban J connectivity index is 1.40. The Bertz CT molecular complexity index is 1250. The number of carbonyl (C=O) groups is 1. The zero-order valence-electron chi connectivity index (χ0n) is 19.7. The van der Waals surface area contributed by atoms with Crippen molar-refractivity contribution in [1.82, 2.24) is 15.1 Å². The standard InChI is InChI=1S/C28H29N3O3/c1-20-27(21(2)31(30-20)18-22-10-6-4-7-11-22)28(32)29-17-24-14-15-25(26(16-24)33-3)34-19-23-12-8-5-9-13-23/h4-16H,17-19H2,1-3H3,(H,29,32). The molecule has 0 aliphatic heterocycles. The molecule has 0 saturated carbocycles. The van der Waals surface area contributed by atoms with Crippen LogP contribution >= 0.6 is 0 Å². The Kier molecular flexibility index (Phi) is 7.28. The van der Waals surface area contributed by atoms with Crippen LogP contribution in [-0.2, 0) is 19.7 Å². The summed E-state index contributed by atoms with van der Waals surface area (Å²) in [5, 5.41) is 7.60. The second-order valence-corrected chi connectivity index (χ2v) is 8.13. The van der Waals surface area contributed by atoms with Crippen molar-refractivity contribution >= 4 is 5.91 Å². The number of nitrogens with zero attached hydrogens (tertiary/aromatic N) is 2. The van der Waals surface area contributed by atoms with Crippen molar-refractivity contribution in [2.45, 2.75) is 33.5 Å². The Labute approximate surface area is 200 Å². The highest BCUT2D eigenvalue weighted by Gasteiger charge is 2.19. The first kappa shape index (κ1) is 23.1. The van der Waals surface area contributed by atoms with Gasteiger partial charge in [0.15, 0.2) is 11.5 Å². The van der Waals surface area contributed by atoms with Crippen LogP contribution in [0, 0.1) is 13.8 Å². The summed E-state index contributed by atoms with van der Waals surface area (Å²) in [4.78, 5) is 13.0. The number of nitrogens with one attached hydrogen (secondary N) is 1. The lowest BCUT2D eigenvalue weighted by atomic mass is 10.1. The number of rotatable bonds is 9. The second kappa shape index (κ2) is 10.7. The summed E-state index contributed by atoms with van der Waals surface area (Å²) in [5.41, 5.74) is 5.32. The first-order valence-electron chi connectivity index (χ1n) is 11.2. The minimum atomic E-state index is -0.141. The predicted molar refractivity (Wildman–Crippen MR) is 132 cm³/mol. The fourth-order valence-electron chi connectivity index (χ4n) is 3.88. The van der Waals surface area contributed by atoms with Crippen molar-refractivity contribution in [2.75, 3.05) is 7.11 Å². The largest absolute Gasteiger partial charge is 0.493 e. The molecule has 1 heterocycles. The third kappa shape index (κ3) is 5.46. The summed E-state index contributed by atoms with van der Waals surface area (Å²) in [6.07, 6.45) is 0. The molecule has 0 fully saturated rings. The van der Waals surface area contributed by atoms with Crippen molar-refractivity contribution in [3.8, 4) is 11.5 Å². The molecular formula is C28H29N3O3. The van der Waals surface area contributed by atoms with Gasteiger partial charge in [-0.25, -0.2) is 0 Å². The van der Waals surface area contributed by atoms with Gasteiger partial charge in [-0.1, -0.05) is 66.7 Å². The maximum absolute atomic E-state index is 13.0. The number of amides is 1. The Hall–Kier alpha value is -4.06. The lowest BCUT2D eigenvalue weighted by molar-refractivity contribution is 0.0949. The predicted octanol–water partition coefficient (Wildman–Crippen LogP) is 5.07. The van der Waals surface area contributed by atoms with E-state index in [0.29, 0.717) is 42.5 Å². The number of hydrogen-bond donors (Lipinski definition) is 1. The zero-order valence-corrected chi connectivity index (χ0v) is 19.7. The molecule has 6 nitrogen and oxygen atoms in total. The fourth-order valence-corrected chi connectivity index (χ4v) is 3.88. The molecule has 4 aromatic rings. The normalized spacial score (nSPS) is 10.7. The summed E-state index contributed by atoms with van der Waals surface area (Å²) in [6, 6.07) is 25.8. The summed E-state index contributed by atoms with van der Waals surface area (Å²) in [6.45, 7) is 5.25. The minimum Gasteiger partial charge on any atom is -0.493 e. The van der Waals surface area contributed by atoms with E-state index in [9.17, 15) is 4.79 Å². The van der Waals surface area contributed by atoms with Crippen molar-refractivity contribution in [1.29, 1.82) is 0 Å². The van der Waals surface area contributed by atoms with Gasteiger partial charge in [-0.05, 0) is 42.7 Å². The van der Waals surface area contributed by atoms with E-state index in [1.165, 1.54) is 0 Å². The zero-order chi connectivity index (χ0) is 23.9. The van der Waals surface area contributed by atoms with E-state index in [0.717, 1.165) is 22.4 Å². The highest BCUT2D eigenvalue weighted by atomic mass is 16.5. The smallest absolute Gasteiger partial charge is 0.255 e. The average molecular weight is 456 g/mol. The second-order valence-electron chi connectivity index (χ2n) is 8.13. The summed E-state index contributed by atoms with van der Waals surface area (Å²) >= 11 is 0. The number of aryl methyl sites for hydroxylation is 1. The monoisotopic (exact) mass is 455 g/mol. The number of aromatic nitrogens is 2. The van der Waals surface area contributed by atoms with Gasteiger partial charge in [0.25, 0.3) is 5.91 Å². The van der Waals surface area contributed by atoms with E-state index in [1.807, 2.05) is 85.3 Å². The van der Waals surface area contributed by atoms with E-state index < -0.39 is 0 Å². The van der Waals surface area contributed by atoms with Gasteiger partial charge in [-0.2, -0.15) is 5.10 Å². The maximum atomic E-state index is 13.0. The van der Waals surface area contributed by atoms with E-state index in [-0.39, 0.29) is 5.91 Å². The highest BCUT2D eigenvalue weighted by molar-refractivity contribution is 5.96. The van der Waals surface area contributed by atoms with Crippen molar-refractivity contribution in [2.24, 2.45) is 0 Å². The van der Waals surface area contributed by atoms with Crippen LogP contribution in [0.4, 0.5) is 0 Å². The van der Waals surface area contributed by atoms with E-state index in [1.54, 1.807) is 7.11 Å². The molecule has 1 N–H and O–H groups in total. The number of hydrogen-bond acceptors (Lipinski definition) is 4. The third-order valence-corrected chi connectivity index (χ3v) is 5.70. The molecule has 34 heavy (non-hydrogen) atoms. The molecular weight excluding hydrogens is 426 g/mol. The molecule has 0 saturated heterocycles. The van der Waals surface area contributed by atoms with Crippen LogP contribution in [0.25, 0.3) is 0 Å². The van der Waals surface area contributed by atoms with Crippen molar-refractivity contribution in [3.63, 3.8) is 0 Å². The Morgan fingerprint density at radius 3 is 2.24 bits per heavy atom. The average Bonchev–Trinajstić information content (AvgIpc) is 3.15. The summed E-state index contributed by atoms with van der Waals surface area (Å²) in [5.74, 6) is 1.15. The van der Waals surface area contributed by atoms with Gasteiger partial charge in [-0.15, -0.1) is 0 Å². The molecule has 0 bridgehead atoms. The molecule has 6 heteroatoms. The SMILES string of the molecule is COc1cc(CNC(=O)c2c(C)nn(Cc3ccccc3)c2C)ccc1OCc1ccccc1. The molecule has 0 aliphatic carbocycles. The van der Waals surface area contributed by atoms with Gasteiger partial charge in [0.2, 0.25) is 0 Å². The lowest BCUT2D eigenvalue weighted by Crippen LogP contribution is -2.24. The third-order valence-electron chi connectivity index (χ3n) is 5.70. The quantitative estimate of drug-likeness (QED) is 0.383. The maximum Gasteiger partial charge on any atom is 0.255 e. The van der Waals surface area contributed by atoms with Gasteiger partial charge in [0.05, 0.1) is 24.9 Å². The fraction of sp³-hybridized carbons (Fsp3) is 0.214. The molecule has 0 spiro atoms. The molecule has 3 aromatic carbocycles. The van der Waals surface area contributed by atoms with Gasteiger partial charge in [0, 0.05) is 12.2 Å². The van der Waals surface area contributed by atoms with Crippen LogP contribution < -0.4 is 14.8 Å². The van der Waals surface area contributed by atoms with E-state index in [2.05, 4.69) is 22.5 Å². The number of benzene rings is 3. The van der Waals surface area contributed by atoms with Crippen LogP contribution in [-0.4, -0.2) is 22.8 Å². The summed E-state index contributed by atoms with van der Waals surface area (Å²) in [7, 11) is 1.61. The molecule has 1 aromatic heterocycles. The number of methoxy groups -OCH3 is 1. The molecule has 0 unspecified atom stereocenters. The highest BCUT2D eigenvalue weighted by Crippen LogP contribution is 2.29. The Morgan fingerprint density at radius 1 is 0.882 bits per heavy atom. The first-order chi connectivity index (χ1) is 16.5. The molecule has 4 rings (SSSR count). The lowest BCUT2D eigenvalue weighted by Gasteiger charge is -2.13. The molecule has 1 amide bonds. The van der Waals surface area contributed by atoms with Gasteiger partial charge in [0.1, 0.15) is 6.61 Å². The topological polar surface area (TPSA) is 65.4 Å². The summed E-state index contributed by atoms with van der Waals surface area (Å²) < 4.78 is 13.3. The Morgan fingerprint density at radius 2 is 1.56 bits per heavy atom. The van der Waals surface area contributed by atoms with E-state index in [4.69, 9.17) is 9.47 Å². The number of carbonyl (C=O) groups excluding carboxylic acids is 1. The molecule has 0 aliphatic rings. The van der Waals surface area contributed by atoms with Crippen LogP contribution in [0.1, 0.15) is 38.4 Å². The molecule has 0 radical (unpaired) electrons. The van der Waals surface area contributed by atoms with Crippen LogP contribution in [0.15, 0.2) is 78.9 Å². The molecule has 174 valence electrons. The van der Waals surface area contributed by atoms with Gasteiger partial charge < -0.3 is 14.8 Å². The van der Waals surface area contributed by atoms with Crippen LogP contribution in [0.3, 0.4) is 0 Å². The van der Waals surface area contributed by atoms with Crippen molar-refractivity contribution < 1.29 is 14.3 Å². The van der Waals surface area contributed by atoms with Crippen LogP contribution in [0.5, 0.6) is 11.5 Å². The van der Waals surface area contributed by atoms with Crippen LogP contribution in [0.2, 0.25) is 0 Å².